The molecule has 1 aliphatic heterocycles. The summed E-state index contributed by atoms with van der Waals surface area (Å²) in [6.45, 7) is 2.96. The van der Waals surface area contributed by atoms with Crippen LogP contribution in [0.15, 0.2) is 24.4 Å². The van der Waals surface area contributed by atoms with Gasteiger partial charge in [-0.3, -0.25) is 4.98 Å². The Morgan fingerprint density at radius 2 is 2.32 bits per heavy atom. The smallest absolute Gasteiger partial charge is 0.176 e. The lowest BCUT2D eigenvalue weighted by molar-refractivity contribution is -0.160. The maximum absolute atomic E-state index is 4.95. The minimum Gasteiger partial charge on any atom is -0.382 e. The predicted octanol–water partition coefficient (Wildman–Crippen LogP) is 3.36. The van der Waals surface area contributed by atoms with Crippen LogP contribution in [0.4, 0.5) is 11.5 Å². The molecule has 0 bridgehead atoms. The summed E-state index contributed by atoms with van der Waals surface area (Å²) in [4.78, 5) is 14.0. The SMILES string of the molecule is CSOONc1nc(-c2ncccc2C)cc2c1NCCC2. The van der Waals surface area contributed by atoms with Crippen LogP contribution in [0.1, 0.15) is 17.5 Å². The molecule has 0 aliphatic carbocycles. The highest BCUT2D eigenvalue weighted by molar-refractivity contribution is 7.93. The molecule has 1 aliphatic rings. The van der Waals surface area contributed by atoms with Crippen LogP contribution in [0.5, 0.6) is 0 Å². The molecule has 0 saturated heterocycles. The zero-order valence-corrected chi connectivity index (χ0v) is 13.4. The van der Waals surface area contributed by atoms with Crippen molar-refractivity contribution in [2.75, 3.05) is 23.6 Å². The highest BCUT2D eigenvalue weighted by atomic mass is 32.2. The summed E-state index contributed by atoms with van der Waals surface area (Å²) in [5, 5.41) is 3.36. The molecule has 116 valence electrons. The van der Waals surface area contributed by atoms with E-state index in [1.165, 1.54) is 5.56 Å². The first kappa shape index (κ1) is 15.1. The topological polar surface area (TPSA) is 68.3 Å². The van der Waals surface area contributed by atoms with Crippen molar-refractivity contribution in [1.82, 2.24) is 9.97 Å². The van der Waals surface area contributed by atoms with E-state index < -0.39 is 0 Å². The van der Waals surface area contributed by atoms with E-state index in [-0.39, 0.29) is 0 Å². The van der Waals surface area contributed by atoms with E-state index >= 15 is 0 Å². The average Bonchev–Trinajstić information content (AvgIpc) is 2.55. The van der Waals surface area contributed by atoms with Gasteiger partial charge in [0.15, 0.2) is 5.82 Å². The highest BCUT2D eigenvalue weighted by Crippen LogP contribution is 2.33. The molecular weight excluding hydrogens is 300 g/mol. The van der Waals surface area contributed by atoms with Gasteiger partial charge >= 0.3 is 0 Å². The van der Waals surface area contributed by atoms with Crippen LogP contribution in [0.3, 0.4) is 0 Å². The van der Waals surface area contributed by atoms with Gasteiger partial charge in [0.05, 0.1) is 17.1 Å². The molecule has 3 heterocycles. The van der Waals surface area contributed by atoms with Crippen molar-refractivity contribution in [2.45, 2.75) is 19.8 Å². The molecule has 22 heavy (non-hydrogen) atoms. The molecule has 0 radical (unpaired) electrons. The molecule has 2 N–H and O–H groups in total. The highest BCUT2D eigenvalue weighted by Gasteiger charge is 2.18. The fourth-order valence-electron chi connectivity index (χ4n) is 2.52. The van der Waals surface area contributed by atoms with Crippen LogP contribution in [0.25, 0.3) is 11.4 Å². The van der Waals surface area contributed by atoms with Gasteiger partial charge < -0.3 is 5.32 Å². The van der Waals surface area contributed by atoms with Crippen molar-refractivity contribution in [3.8, 4) is 11.4 Å². The molecule has 6 nitrogen and oxygen atoms in total. The fourth-order valence-corrected chi connectivity index (χ4v) is 2.63. The van der Waals surface area contributed by atoms with Gasteiger partial charge in [0.25, 0.3) is 0 Å². The molecule has 0 amide bonds. The summed E-state index contributed by atoms with van der Waals surface area (Å²) in [5.74, 6) is 0.617. The van der Waals surface area contributed by atoms with Gasteiger partial charge in [-0.2, -0.15) is 0 Å². The van der Waals surface area contributed by atoms with E-state index in [1.807, 2.05) is 19.1 Å². The van der Waals surface area contributed by atoms with E-state index in [0.717, 1.165) is 54.1 Å². The Morgan fingerprint density at radius 1 is 1.41 bits per heavy atom. The molecule has 2 aromatic heterocycles. The first-order valence-corrected chi connectivity index (χ1v) is 8.26. The Bertz CT molecular complexity index is 666. The van der Waals surface area contributed by atoms with Gasteiger partial charge in [-0.15, -0.1) is 4.33 Å². The number of anilines is 2. The van der Waals surface area contributed by atoms with Crippen LogP contribution in [0.2, 0.25) is 0 Å². The number of hydrogen-bond acceptors (Lipinski definition) is 7. The third kappa shape index (κ3) is 3.16. The summed E-state index contributed by atoms with van der Waals surface area (Å²) >= 11 is 1.12. The summed E-state index contributed by atoms with van der Waals surface area (Å²) in [5.41, 5.74) is 7.73. The molecule has 7 heteroatoms. The van der Waals surface area contributed by atoms with Gasteiger partial charge in [0.2, 0.25) is 0 Å². The van der Waals surface area contributed by atoms with Gasteiger partial charge in [-0.25, -0.2) is 10.5 Å². The quantitative estimate of drug-likeness (QED) is 0.379. The Hall–Kier alpha value is -1.83. The third-order valence-electron chi connectivity index (χ3n) is 3.52. The van der Waals surface area contributed by atoms with Crippen LogP contribution in [0, 0.1) is 6.92 Å². The van der Waals surface area contributed by atoms with E-state index in [4.69, 9.17) is 9.32 Å². The first-order chi connectivity index (χ1) is 10.8. The van der Waals surface area contributed by atoms with Gasteiger partial charge in [0, 0.05) is 31.0 Å². The van der Waals surface area contributed by atoms with Crippen molar-refractivity contribution in [2.24, 2.45) is 0 Å². The number of hydrogen-bond donors (Lipinski definition) is 2. The number of fused-ring (bicyclic) bond motifs is 1. The molecule has 0 atom stereocenters. The number of rotatable bonds is 5. The zero-order valence-electron chi connectivity index (χ0n) is 12.5. The third-order valence-corrected chi connectivity index (χ3v) is 3.72. The normalized spacial score (nSPS) is 13.4. The Morgan fingerprint density at radius 3 is 3.14 bits per heavy atom. The van der Waals surface area contributed by atoms with Gasteiger partial charge in [0.1, 0.15) is 0 Å². The van der Waals surface area contributed by atoms with Crippen molar-refractivity contribution in [3.63, 3.8) is 0 Å². The lowest BCUT2D eigenvalue weighted by Gasteiger charge is -2.21. The number of nitrogens with one attached hydrogen (secondary N) is 2. The number of aryl methyl sites for hydroxylation is 2. The minimum absolute atomic E-state index is 0.617. The van der Waals surface area contributed by atoms with Crippen molar-refractivity contribution >= 4 is 23.5 Å². The van der Waals surface area contributed by atoms with Crippen molar-refractivity contribution in [1.29, 1.82) is 0 Å². The largest absolute Gasteiger partial charge is 0.382 e. The second-order valence-electron chi connectivity index (χ2n) is 5.01. The molecule has 0 unspecified atom stereocenters. The maximum atomic E-state index is 4.95. The zero-order chi connectivity index (χ0) is 15.4. The molecular formula is C15H18N4O2S. The number of aromatic nitrogens is 2. The average molecular weight is 318 g/mol. The molecule has 3 rings (SSSR count). The standard InChI is InChI=1S/C15H18N4O2S/c1-10-5-3-7-16-13(10)12-9-11-6-4-8-17-14(11)15(18-12)19-20-21-22-2/h3,5,7,9,17H,4,6,8H2,1-2H3,(H,18,19). The van der Waals surface area contributed by atoms with Gasteiger partial charge in [-0.05, 0) is 43.0 Å². The van der Waals surface area contributed by atoms with E-state index in [9.17, 15) is 0 Å². The summed E-state index contributed by atoms with van der Waals surface area (Å²) in [7, 11) is 0. The Kier molecular flexibility index (Phi) is 4.77. The number of pyridine rings is 2. The lowest BCUT2D eigenvalue weighted by Crippen LogP contribution is -2.16. The van der Waals surface area contributed by atoms with E-state index in [0.29, 0.717) is 5.82 Å². The fraction of sp³-hybridized carbons (Fsp3) is 0.333. The van der Waals surface area contributed by atoms with Gasteiger partial charge in [-0.1, -0.05) is 11.1 Å². The van der Waals surface area contributed by atoms with Crippen LogP contribution in [-0.4, -0.2) is 22.8 Å². The van der Waals surface area contributed by atoms with Crippen LogP contribution in [-0.2, 0) is 15.7 Å². The Balaban J connectivity index is 2.01. The molecule has 0 spiro atoms. The van der Waals surface area contributed by atoms with Crippen LogP contribution >= 0.6 is 12.0 Å². The Labute approximate surface area is 133 Å². The monoisotopic (exact) mass is 318 g/mol. The maximum Gasteiger partial charge on any atom is 0.176 e. The van der Waals surface area contributed by atoms with E-state index in [2.05, 4.69) is 26.8 Å². The molecule has 0 fully saturated rings. The summed E-state index contributed by atoms with van der Waals surface area (Å²) < 4.78 is 4.82. The molecule has 2 aromatic rings. The van der Waals surface area contributed by atoms with Crippen molar-refractivity contribution < 1.29 is 9.32 Å². The first-order valence-electron chi connectivity index (χ1n) is 7.11. The second-order valence-corrected chi connectivity index (χ2v) is 5.48. The number of nitrogens with zero attached hydrogens (tertiary/aromatic N) is 2. The van der Waals surface area contributed by atoms with Crippen molar-refractivity contribution in [3.05, 3.63) is 35.5 Å². The van der Waals surface area contributed by atoms with Crippen LogP contribution < -0.4 is 10.8 Å². The summed E-state index contributed by atoms with van der Waals surface area (Å²) in [6, 6.07) is 6.05. The molecule has 0 saturated carbocycles. The van der Waals surface area contributed by atoms with E-state index in [1.54, 1.807) is 12.5 Å². The summed E-state index contributed by atoms with van der Waals surface area (Å²) in [6.07, 6.45) is 5.65. The minimum atomic E-state index is 0.617. The second kappa shape index (κ2) is 6.95. The predicted molar refractivity (Wildman–Crippen MR) is 88.3 cm³/mol. The lowest BCUT2D eigenvalue weighted by atomic mass is 10.0. The molecule has 0 aromatic carbocycles.